The summed E-state index contributed by atoms with van der Waals surface area (Å²) in [4.78, 5) is 12.0. The minimum atomic E-state index is -0.292. The lowest BCUT2D eigenvalue weighted by molar-refractivity contribution is -0.116. The molecule has 1 atom stereocenters. The molecule has 1 aliphatic heterocycles. The number of fused-ring (bicyclic) bond motifs is 1. The molecule has 17 heavy (non-hydrogen) atoms. The Labute approximate surface area is 104 Å². The highest BCUT2D eigenvalue weighted by Gasteiger charge is 2.33. The molecule has 0 aliphatic carbocycles. The van der Waals surface area contributed by atoms with Gasteiger partial charge in [-0.1, -0.05) is 48.0 Å². The van der Waals surface area contributed by atoms with Crippen molar-refractivity contribution in [3.63, 3.8) is 0 Å². The molecular weight excluding hydrogens is 234 g/mol. The molecule has 0 aromatic heterocycles. The van der Waals surface area contributed by atoms with E-state index in [4.69, 9.17) is 11.6 Å². The van der Waals surface area contributed by atoms with Crippen LogP contribution in [0.5, 0.6) is 0 Å². The van der Waals surface area contributed by atoms with Crippen molar-refractivity contribution in [1.82, 2.24) is 0 Å². The van der Waals surface area contributed by atoms with Crippen molar-refractivity contribution in [2.45, 2.75) is 5.92 Å². The first-order chi connectivity index (χ1) is 8.27. The Balaban J connectivity index is 2.18. The molecule has 2 aromatic carbocycles. The van der Waals surface area contributed by atoms with Crippen LogP contribution in [-0.4, -0.2) is 5.91 Å². The van der Waals surface area contributed by atoms with E-state index in [1.165, 1.54) is 0 Å². The first kappa shape index (κ1) is 10.4. The van der Waals surface area contributed by atoms with E-state index in [1.807, 2.05) is 48.5 Å². The van der Waals surface area contributed by atoms with E-state index in [2.05, 4.69) is 5.32 Å². The van der Waals surface area contributed by atoms with Crippen LogP contribution in [0.1, 0.15) is 17.0 Å². The van der Waals surface area contributed by atoms with Gasteiger partial charge in [0, 0.05) is 16.3 Å². The molecule has 3 rings (SSSR count). The number of carbonyl (C=O) groups is 1. The normalized spacial score (nSPS) is 17.7. The second kappa shape index (κ2) is 3.90. The quantitative estimate of drug-likeness (QED) is 0.817. The van der Waals surface area contributed by atoms with Gasteiger partial charge < -0.3 is 5.32 Å². The summed E-state index contributed by atoms with van der Waals surface area (Å²) < 4.78 is 0. The van der Waals surface area contributed by atoms with Crippen LogP contribution < -0.4 is 5.32 Å². The summed E-state index contributed by atoms with van der Waals surface area (Å²) in [6.07, 6.45) is 0. The Morgan fingerprint density at radius 1 is 1.00 bits per heavy atom. The van der Waals surface area contributed by atoms with E-state index in [-0.39, 0.29) is 11.8 Å². The van der Waals surface area contributed by atoms with Gasteiger partial charge in [-0.25, -0.2) is 0 Å². The van der Waals surface area contributed by atoms with Gasteiger partial charge in [0.2, 0.25) is 5.91 Å². The van der Waals surface area contributed by atoms with Crippen LogP contribution in [0, 0.1) is 0 Å². The number of amides is 1. The first-order valence-corrected chi connectivity index (χ1v) is 5.79. The van der Waals surface area contributed by atoms with Crippen molar-refractivity contribution >= 4 is 23.2 Å². The van der Waals surface area contributed by atoms with Crippen LogP contribution in [0.2, 0.25) is 5.02 Å². The predicted molar refractivity (Wildman–Crippen MR) is 68.4 cm³/mol. The van der Waals surface area contributed by atoms with Crippen LogP contribution in [0.15, 0.2) is 48.5 Å². The number of anilines is 1. The maximum atomic E-state index is 12.0. The van der Waals surface area contributed by atoms with E-state index in [1.54, 1.807) is 0 Å². The van der Waals surface area contributed by atoms with Gasteiger partial charge in [0.05, 0.1) is 5.92 Å². The van der Waals surface area contributed by atoms with Gasteiger partial charge in [0.1, 0.15) is 0 Å². The standard InChI is InChI=1S/C14H10ClNO/c15-10-7-4-8-11-13(10)12(14(17)16-11)9-5-2-1-3-6-9/h1-8,12H,(H,16,17). The first-order valence-electron chi connectivity index (χ1n) is 5.41. The lowest BCUT2D eigenvalue weighted by atomic mass is 9.93. The minimum Gasteiger partial charge on any atom is -0.325 e. The smallest absolute Gasteiger partial charge is 0.236 e. The van der Waals surface area contributed by atoms with E-state index in [9.17, 15) is 4.79 Å². The SMILES string of the molecule is O=C1Nc2cccc(Cl)c2C1c1ccccc1. The van der Waals surface area contributed by atoms with Crippen molar-refractivity contribution in [2.24, 2.45) is 0 Å². The molecule has 1 aliphatic rings. The number of hydrogen-bond donors (Lipinski definition) is 1. The molecule has 2 aromatic rings. The third-order valence-corrected chi connectivity index (χ3v) is 3.32. The van der Waals surface area contributed by atoms with Crippen LogP contribution >= 0.6 is 11.6 Å². The summed E-state index contributed by atoms with van der Waals surface area (Å²) in [7, 11) is 0. The highest BCUT2D eigenvalue weighted by atomic mass is 35.5. The van der Waals surface area contributed by atoms with Gasteiger partial charge >= 0.3 is 0 Å². The largest absolute Gasteiger partial charge is 0.325 e. The average Bonchev–Trinajstić information content (AvgIpc) is 2.68. The summed E-state index contributed by atoms with van der Waals surface area (Å²) >= 11 is 6.19. The number of carbonyl (C=O) groups excluding carboxylic acids is 1. The third-order valence-electron chi connectivity index (χ3n) is 2.99. The summed E-state index contributed by atoms with van der Waals surface area (Å²) in [6.45, 7) is 0. The third kappa shape index (κ3) is 1.61. The van der Waals surface area contributed by atoms with Gasteiger partial charge in [-0.2, -0.15) is 0 Å². The Bertz CT molecular complexity index is 580. The van der Waals surface area contributed by atoms with Crippen molar-refractivity contribution in [3.05, 3.63) is 64.7 Å². The highest BCUT2D eigenvalue weighted by Crippen LogP contribution is 2.41. The van der Waals surface area contributed by atoms with E-state index < -0.39 is 0 Å². The average molecular weight is 244 g/mol. The molecule has 0 saturated heterocycles. The summed E-state index contributed by atoms with van der Waals surface area (Å²) in [5.74, 6) is -0.306. The topological polar surface area (TPSA) is 29.1 Å². The minimum absolute atomic E-state index is 0.0145. The number of halogens is 1. The van der Waals surface area contributed by atoms with E-state index in [0.29, 0.717) is 5.02 Å². The van der Waals surface area contributed by atoms with Crippen molar-refractivity contribution < 1.29 is 4.79 Å². The fourth-order valence-corrected chi connectivity index (χ4v) is 2.52. The lowest BCUT2D eigenvalue weighted by Crippen LogP contribution is -2.13. The summed E-state index contributed by atoms with van der Waals surface area (Å²) in [6, 6.07) is 15.2. The monoisotopic (exact) mass is 243 g/mol. The molecule has 84 valence electrons. The van der Waals surface area contributed by atoms with Crippen LogP contribution in [-0.2, 0) is 4.79 Å². The van der Waals surface area contributed by atoms with E-state index in [0.717, 1.165) is 16.8 Å². The molecule has 1 heterocycles. The fourth-order valence-electron chi connectivity index (χ4n) is 2.24. The Morgan fingerprint density at radius 2 is 1.76 bits per heavy atom. The Morgan fingerprint density at radius 3 is 2.53 bits per heavy atom. The molecule has 0 spiro atoms. The van der Waals surface area contributed by atoms with Gasteiger partial charge in [-0.3, -0.25) is 4.79 Å². The number of rotatable bonds is 1. The molecule has 0 saturated carbocycles. The Hall–Kier alpha value is -1.80. The van der Waals surface area contributed by atoms with Crippen LogP contribution in [0.3, 0.4) is 0 Å². The van der Waals surface area contributed by atoms with Gasteiger partial charge in [0.15, 0.2) is 0 Å². The molecule has 2 nitrogen and oxygen atoms in total. The van der Waals surface area contributed by atoms with Gasteiger partial charge in [-0.05, 0) is 17.7 Å². The highest BCUT2D eigenvalue weighted by molar-refractivity contribution is 6.33. The van der Waals surface area contributed by atoms with Crippen LogP contribution in [0.25, 0.3) is 0 Å². The molecule has 0 radical (unpaired) electrons. The molecule has 0 fully saturated rings. The zero-order chi connectivity index (χ0) is 11.8. The maximum absolute atomic E-state index is 12.0. The fraction of sp³-hybridized carbons (Fsp3) is 0.0714. The zero-order valence-electron chi connectivity index (χ0n) is 8.98. The Kier molecular flexibility index (Phi) is 2.37. The summed E-state index contributed by atoms with van der Waals surface area (Å²) in [5, 5.41) is 3.50. The van der Waals surface area contributed by atoms with Crippen molar-refractivity contribution in [2.75, 3.05) is 5.32 Å². The second-order valence-electron chi connectivity index (χ2n) is 4.03. The van der Waals surface area contributed by atoms with Crippen LogP contribution in [0.4, 0.5) is 5.69 Å². The molecule has 1 unspecified atom stereocenters. The van der Waals surface area contributed by atoms with Crippen molar-refractivity contribution in [3.8, 4) is 0 Å². The van der Waals surface area contributed by atoms with E-state index >= 15 is 0 Å². The number of nitrogens with one attached hydrogen (secondary N) is 1. The second-order valence-corrected chi connectivity index (χ2v) is 4.44. The lowest BCUT2D eigenvalue weighted by Gasteiger charge is -2.10. The molecule has 1 amide bonds. The van der Waals surface area contributed by atoms with Gasteiger partial charge in [0.25, 0.3) is 0 Å². The predicted octanol–water partition coefficient (Wildman–Crippen LogP) is 3.42. The summed E-state index contributed by atoms with van der Waals surface area (Å²) in [5.41, 5.74) is 2.67. The molecule has 3 heteroatoms. The maximum Gasteiger partial charge on any atom is 0.236 e. The number of benzene rings is 2. The zero-order valence-corrected chi connectivity index (χ0v) is 9.74. The molecular formula is C14H10ClNO. The molecule has 1 N–H and O–H groups in total. The molecule has 0 bridgehead atoms. The van der Waals surface area contributed by atoms with Crippen molar-refractivity contribution in [1.29, 1.82) is 0 Å². The number of hydrogen-bond acceptors (Lipinski definition) is 1. The van der Waals surface area contributed by atoms with Gasteiger partial charge in [-0.15, -0.1) is 0 Å².